The second kappa shape index (κ2) is 7.67. The molecule has 1 aromatic heterocycles. The quantitative estimate of drug-likeness (QED) is 0.709. The number of aromatic nitrogens is 1. The van der Waals surface area contributed by atoms with Crippen LogP contribution in [0.2, 0.25) is 5.02 Å². The lowest BCUT2D eigenvalue weighted by molar-refractivity contribution is 0.0859. The Morgan fingerprint density at radius 2 is 2.04 bits per heavy atom. The SMILES string of the molecule is Cc1ccc2nc(-c3ccc(Cl)cc3)cc(C(=O)NC[C@H]3CCCO3)c2c1. The average molecular weight is 381 g/mol. The van der Waals surface area contributed by atoms with E-state index in [0.717, 1.165) is 47.2 Å². The zero-order valence-corrected chi connectivity index (χ0v) is 15.9. The van der Waals surface area contributed by atoms with E-state index in [1.165, 1.54) is 0 Å². The van der Waals surface area contributed by atoms with Crippen molar-refractivity contribution in [3.63, 3.8) is 0 Å². The van der Waals surface area contributed by atoms with Crippen LogP contribution in [0.1, 0.15) is 28.8 Å². The first kappa shape index (κ1) is 18.0. The first-order valence-corrected chi connectivity index (χ1v) is 9.55. The monoisotopic (exact) mass is 380 g/mol. The maximum absolute atomic E-state index is 12.9. The largest absolute Gasteiger partial charge is 0.376 e. The van der Waals surface area contributed by atoms with E-state index in [-0.39, 0.29) is 12.0 Å². The zero-order valence-electron chi connectivity index (χ0n) is 15.2. The van der Waals surface area contributed by atoms with Gasteiger partial charge in [-0.15, -0.1) is 0 Å². The summed E-state index contributed by atoms with van der Waals surface area (Å²) in [6.07, 6.45) is 2.16. The maximum Gasteiger partial charge on any atom is 0.252 e. The van der Waals surface area contributed by atoms with Gasteiger partial charge >= 0.3 is 0 Å². The Bertz CT molecular complexity index is 980. The van der Waals surface area contributed by atoms with Crippen molar-refractivity contribution < 1.29 is 9.53 Å². The molecule has 138 valence electrons. The van der Waals surface area contributed by atoms with E-state index in [1.54, 1.807) is 0 Å². The van der Waals surface area contributed by atoms with Gasteiger partial charge in [0, 0.05) is 29.1 Å². The number of carbonyl (C=O) groups is 1. The highest BCUT2D eigenvalue weighted by Crippen LogP contribution is 2.27. The standard InChI is InChI=1S/C22H21ClN2O2/c1-14-4-9-20-18(11-14)19(22(26)24-13-17-3-2-10-27-17)12-21(25-20)15-5-7-16(23)8-6-15/h4-9,11-12,17H,2-3,10,13H2,1H3,(H,24,26)/t17-/m1/s1. The molecule has 1 aliphatic rings. The van der Waals surface area contributed by atoms with E-state index in [1.807, 2.05) is 55.5 Å². The molecule has 27 heavy (non-hydrogen) atoms. The Balaban J connectivity index is 1.72. The molecule has 4 rings (SSSR count). The smallest absolute Gasteiger partial charge is 0.252 e. The molecule has 1 amide bonds. The number of nitrogens with zero attached hydrogens (tertiary/aromatic N) is 1. The zero-order chi connectivity index (χ0) is 18.8. The second-order valence-electron chi connectivity index (χ2n) is 6.93. The molecule has 1 fully saturated rings. The molecule has 0 bridgehead atoms. The number of hydrogen-bond acceptors (Lipinski definition) is 3. The predicted octanol–water partition coefficient (Wildman–Crippen LogP) is 4.77. The minimum absolute atomic E-state index is 0.0984. The van der Waals surface area contributed by atoms with E-state index in [2.05, 4.69) is 5.32 Å². The number of fused-ring (bicyclic) bond motifs is 1. The molecule has 3 aromatic rings. The first-order chi connectivity index (χ1) is 13.1. The van der Waals surface area contributed by atoms with Crippen molar-refractivity contribution in [3.05, 3.63) is 64.7 Å². The van der Waals surface area contributed by atoms with Gasteiger partial charge in [0.1, 0.15) is 0 Å². The molecule has 0 saturated carbocycles. The van der Waals surface area contributed by atoms with Gasteiger partial charge < -0.3 is 10.1 Å². The molecule has 0 unspecified atom stereocenters. The molecule has 2 aromatic carbocycles. The topological polar surface area (TPSA) is 51.2 Å². The number of aryl methyl sites for hydroxylation is 1. The molecule has 1 N–H and O–H groups in total. The van der Waals surface area contributed by atoms with Crippen molar-refractivity contribution >= 4 is 28.4 Å². The number of carbonyl (C=O) groups excluding carboxylic acids is 1. The lowest BCUT2D eigenvalue weighted by Gasteiger charge is -2.13. The van der Waals surface area contributed by atoms with Crippen LogP contribution in [0.25, 0.3) is 22.2 Å². The minimum atomic E-state index is -0.0984. The summed E-state index contributed by atoms with van der Waals surface area (Å²) < 4.78 is 5.61. The number of rotatable bonds is 4. The third-order valence-electron chi connectivity index (χ3n) is 4.86. The third-order valence-corrected chi connectivity index (χ3v) is 5.12. The van der Waals surface area contributed by atoms with E-state index in [9.17, 15) is 4.79 Å². The Kier molecular flexibility index (Phi) is 5.10. The maximum atomic E-state index is 12.9. The van der Waals surface area contributed by atoms with Gasteiger partial charge in [-0.25, -0.2) is 4.98 Å². The molecule has 0 aliphatic carbocycles. The van der Waals surface area contributed by atoms with Crippen molar-refractivity contribution in [1.82, 2.24) is 10.3 Å². The highest BCUT2D eigenvalue weighted by molar-refractivity contribution is 6.30. The third kappa shape index (κ3) is 3.97. The Morgan fingerprint density at radius 1 is 1.22 bits per heavy atom. The number of halogens is 1. The van der Waals surface area contributed by atoms with Gasteiger partial charge in [-0.3, -0.25) is 4.79 Å². The summed E-state index contributed by atoms with van der Waals surface area (Å²) in [5.74, 6) is -0.0984. The Hall–Kier alpha value is -2.43. The van der Waals surface area contributed by atoms with Gasteiger partial charge in [0.05, 0.1) is 22.9 Å². The van der Waals surface area contributed by atoms with Crippen molar-refractivity contribution in [3.8, 4) is 11.3 Å². The van der Waals surface area contributed by atoms with E-state index in [0.29, 0.717) is 17.1 Å². The van der Waals surface area contributed by atoms with Gasteiger partial charge in [0.25, 0.3) is 5.91 Å². The molecule has 1 saturated heterocycles. The lowest BCUT2D eigenvalue weighted by atomic mass is 10.0. The van der Waals surface area contributed by atoms with Gasteiger partial charge in [-0.1, -0.05) is 35.4 Å². The fourth-order valence-corrected chi connectivity index (χ4v) is 3.53. The first-order valence-electron chi connectivity index (χ1n) is 9.17. The number of ether oxygens (including phenoxy) is 1. The summed E-state index contributed by atoms with van der Waals surface area (Å²) in [4.78, 5) is 17.7. The molecule has 1 atom stereocenters. The van der Waals surface area contributed by atoms with E-state index in [4.69, 9.17) is 21.3 Å². The average Bonchev–Trinajstić information content (AvgIpc) is 3.19. The van der Waals surface area contributed by atoms with Crippen LogP contribution in [0.4, 0.5) is 0 Å². The van der Waals surface area contributed by atoms with Crippen LogP contribution in [0.5, 0.6) is 0 Å². The van der Waals surface area contributed by atoms with Crippen LogP contribution in [-0.2, 0) is 4.74 Å². The van der Waals surface area contributed by atoms with Crippen LogP contribution in [0.3, 0.4) is 0 Å². The van der Waals surface area contributed by atoms with Crippen molar-refractivity contribution in [2.45, 2.75) is 25.9 Å². The number of benzene rings is 2. The minimum Gasteiger partial charge on any atom is -0.376 e. The predicted molar refractivity (Wildman–Crippen MR) is 108 cm³/mol. The molecular weight excluding hydrogens is 360 g/mol. The number of pyridine rings is 1. The van der Waals surface area contributed by atoms with Crippen LogP contribution in [0.15, 0.2) is 48.5 Å². The fraction of sp³-hybridized carbons (Fsp3) is 0.273. The van der Waals surface area contributed by atoms with Crippen LogP contribution in [-0.4, -0.2) is 30.1 Å². The Labute approximate surface area is 163 Å². The van der Waals surface area contributed by atoms with Crippen molar-refractivity contribution in [2.75, 3.05) is 13.2 Å². The summed E-state index contributed by atoms with van der Waals surface area (Å²) in [7, 11) is 0. The number of hydrogen-bond donors (Lipinski definition) is 1. The summed E-state index contributed by atoms with van der Waals surface area (Å²) in [5, 5.41) is 4.56. The molecule has 0 radical (unpaired) electrons. The number of amides is 1. The van der Waals surface area contributed by atoms with Gasteiger partial charge in [-0.2, -0.15) is 0 Å². The molecule has 4 nitrogen and oxygen atoms in total. The fourth-order valence-electron chi connectivity index (χ4n) is 3.40. The molecule has 2 heterocycles. The Morgan fingerprint density at radius 3 is 2.78 bits per heavy atom. The summed E-state index contributed by atoms with van der Waals surface area (Å²) in [6, 6.07) is 15.3. The highest BCUT2D eigenvalue weighted by Gasteiger charge is 2.19. The summed E-state index contributed by atoms with van der Waals surface area (Å²) in [6.45, 7) is 3.32. The van der Waals surface area contributed by atoms with E-state index < -0.39 is 0 Å². The van der Waals surface area contributed by atoms with Gasteiger partial charge in [0.2, 0.25) is 0 Å². The van der Waals surface area contributed by atoms with Crippen molar-refractivity contribution in [1.29, 1.82) is 0 Å². The molecular formula is C22H21ClN2O2. The van der Waals surface area contributed by atoms with Crippen LogP contribution >= 0.6 is 11.6 Å². The van der Waals surface area contributed by atoms with E-state index >= 15 is 0 Å². The summed E-state index contributed by atoms with van der Waals surface area (Å²) >= 11 is 6.00. The second-order valence-corrected chi connectivity index (χ2v) is 7.36. The molecule has 0 spiro atoms. The lowest BCUT2D eigenvalue weighted by Crippen LogP contribution is -2.32. The van der Waals surface area contributed by atoms with Crippen molar-refractivity contribution in [2.24, 2.45) is 0 Å². The van der Waals surface area contributed by atoms with Gasteiger partial charge in [-0.05, 0) is 50.1 Å². The number of nitrogens with one attached hydrogen (secondary N) is 1. The molecule has 5 heteroatoms. The normalized spacial score (nSPS) is 16.6. The highest BCUT2D eigenvalue weighted by atomic mass is 35.5. The van der Waals surface area contributed by atoms with Gasteiger partial charge in [0.15, 0.2) is 0 Å². The summed E-state index contributed by atoms with van der Waals surface area (Å²) in [5.41, 5.74) is 4.21. The van der Waals surface area contributed by atoms with Crippen LogP contribution in [0, 0.1) is 6.92 Å². The van der Waals surface area contributed by atoms with Crippen LogP contribution < -0.4 is 5.32 Å². The molecule has 1 aliphatic heterocycles.